The normalized spacial score (nSPS) is 14.4. The van der Waals surface area contributed by atoms with Crippen molar-refractivity contribution in [3.8, 4) is 0 Å². The van der Waals surface area contributed by atoms with E-state index in [2.05, 4.69) is 6.07 Å². The third-order valence-corrected chi connectivity index (χ3v) is 2.50. The molecule has 0 radical (unpaired) electrons. The number of hydrogen-bond donors (Lipinski definition) is 0. The van der Waals surface area contributed by atoms with Crippen molar-refractivity contribution < 1.29 is 9.90 Å². The summed E-state index contributed by atoms with van der Waals surface area (Å²) in [6, 6.07) is 7.95. The van der Waals surface area contributed by atoms with Gasteiger partial charge in [-0.25, -0.2) is 0 Å². The maximum Gasteiger partial charge on any atom is 0.0458 e. The molecule has 1 aromatic rings. The Bertz CT molecular complexity index is 391. The lowest BCUT2D eigenvalue weighted by Gasteiger charge is -2.17. The Morgan fingerprint density at radius 1 is 1.36 bits per heavy atom. The first kappa shape index (κ1) is 9.00. The maximum atomic E-state index is 10.5. The van der Waals surface area contributed by atoms with Gasteiger partial charge in [-0.05, 0) is 29.5 Å². The van der Waals surface area contributed by atoms with Crippen molar-refractivity contribution >= 4 is 11.5 Å². The molecule has 1 aromatic carbocycles. The minimum Gasteiger partial charge on any atom is -0.550 e. The first-order chi connectivity index (χ1) is 6.77. The van der Waals surface area contributed by atoms with Crippen LogP contribution in [-0.4, -0.2) is 5.97 Å². The number of carboxylic acids is 1. The van der Waals surface area contributed by atoms with Crippen LogP contribution >= 0.6 is 0 Å². The number of carbonyl (C=O) groups is 1. The largest absolute Gasteiger partial charge is 0.550 e. The van der Waals surface area contributed by atoms with E-state index in [1.807, 2.05) is 24.3 Å². The van der Waals surface area contributed by atoms with Gasteiger partial charge in [-0.15, -0.1) is 0 Å². The first-order valence-corrected chi connectivity index (χ1v) is 4.74. The second kappa shape index (κ2) is 3.66. The van der Waals surface area contributed by atoms with Crippen LogP contribution < -0.4 is 5.11 Å². The maximum absolute atomic E-state index is 10.5. The van der Waals surface area contributed by atoms with Crippen LogP contribution in [0.4, 0.5) is 0 Å². The van der Waals surface area contributed by atoms with Crippen LogP contribution in [-0.2, 0) is 11.2 Å². The Kier molecular flexibility index (Phi) is 2.35. The fraction of sp³-hybridized carbons (Fsp3) is 0.250. The number of hydrogen-bond acceptors (Lipinski definition) is 2. The molecule has 0 unspecified atom stereocenters. The summed E-state index contributed by atoms with van der Waals surface area (Å²) >= 11 is 0. The minimum absolute atomic E-state index is 0.0248. The van der Waals surface area contributed by atoms with Crippen molar-refractivity contribution in [2.45, 2.75) is 19.3 Å². The highest BCUT2D eigenvalue weighted by Gasteiger charge is 2.11. The first-order valence-electron chi connectivity index (χ1n) is 4.74. The second-order valence-electron chi connectivity index (χ2n) is 3.47. The van der Waals surface area contributed by atoms with Gasteiger partial charge in [0.1, 0.15) is 0 Å². The van der Waals surface area contributed by atoms with E-state index in [4.69, 9.17) is 0 Å². The highest BCUT2D eigenvalue weighted by Crippen LogP contribution is 2.27. The lowest BCUT2D eigenvalue weighted by Crippen LogP contribution is -2.22. The van der Waals surface area contributed by atoms with E-state index in [-0.39, 0.29) is 6.42 Å². The molecule has 2 heteroatoms. The van der Waals surface area contributed by atoms with Crippen molar-refractivity contribution in [2.24, 2.45) is 0 Å². The zero-order chi connectivity index (χ0) is 9.97. The van der Waals surface area contributed by atoms with E-state index in [1.54, 1.807) is 0 Å². The van der Waals surface area contributed by atoms with Crippen molar-refractivity contribution in [3.05, 3.63) is 41.5 Å². The van der Waals surface area contributed by atoms with E-state index < -0.39 is 5.97 Å². The van der Waals surface area contributed by atoms with E-state index >= 15 is 0 Å². The van der Waals surface area contributed by atoms with Crippen molar-refractivity contribution in [3.63, 3.8) is 0 Å². The molecule has 0 aromatic heterocycles. The van der Waals surface area contributed by atoms with Gasteiger partial charge in [-0.2, -0.15) is 0 Å². The predicted molar refractivity (Wildman–Crippen MR) is 52.4 cm³/mol. The summed E-state index contributed by atoms with van der Waals surface area (Å²) in [7, 11) is 0. The van der Waals surface area contributed by atoms with Crippen LogP contribution in [0.1, 0.15) is 24.0 Å². The van der Waals surface area contributed by atoms with Crippen LogP contribution in [0, 0.1) is 0 Å². The average molecular weight is 187 g/mol. The quantitative estimate of drug-likeness (QED) is 0.697. The number of benzene rings is 1. The number of carboxylic acid groups (broad SMARTS) is 1. The molecule has 0 N–H and O–H groups in total. The molecule has 2 nitrogen and oxygen atoms in total. The molecule has 0 spiro atoms. The molecule has 0 fully saturated rings. The van der Waals surface area contributed by atoms with Crippen molar-refractivity contribution in [1.82, 2.24) is 0 Å². The molecule has 0 saturated carbocycles. The summed E-state index contributed by atoms with van der Waals surface area (Å²) in [6.07, 6.45) is 3.96. The molecule has 0 atom stereocenters. The molecule has 0 amide bonds. The molecule has 2 rings (SSSR count). The monoisotopic (exact) mass is 187 g/mol. The topological polar surface area (TPSA) is 40.1 Å². The predicted octanol–water partition coefficient (Wildman–Crippen LogP) is 1.16. The van der Waals surface area contributed by atoms with Crippen LogP contribution in [0.5, 0.6) is 0 Å². The second-order valence-corrected chi connectivity index (χ2v) is 3.47. The molecule has 0 aliphatic heterocycles. The minimum atomic E-state index is -1.01. The Hall–Kier alpha value is -1.57. The van der Waals surface area contributed by atoms with Gasteiger partial charge in [0.05, 0.1) is 0 Å². The van der Waals surface area contributed by atoms with Gasteiger partial charge in [0, 0.05) is 12.4 Å². The fourth-order valence-corrected chi connectivity index (χ4v) is 1.89. The highest BCUT2D eigenvalue weighted by atomic mass is 16.4. The third kappa shape index (κ3) is 1.69. The van der Waals surface area contributed by atoms with Crippen LogP contribution in [0.15, 0.2) is 30.3 Å². The summed E-state index contributed by atoms with van der Waals surface area (Å²) in [5.74, 6) is -1.01. The standard InChI is InChI=1S/C12H12O2/c13-12(14)8-10-6-3-5-9-4-1-2-7-11(9)10/h1-2,4,6-7H,3,5,8H2,(H,13,14)/p-1. The summed E-state index contributed by atoms with van der Waals surface area (Å²) < 4.78 is 0. The van der Waals surface area contributed by atoms with Gasteiger partial charge in [0.15, 0.2) is 0 Å². The lowest BCUT2D eigenvalue weighted by molar-refractivity contribution is -0.304. The number of rotatable bonds is 2. The molecule has 0 saturated heterocycles. The van der Waals surface area contributed by atoms with Crippen molar-refractivity contribution in [2.75, 3.05) is 0 Å². The van der Waals surface area contributed by atoms with Gasteiger partial charge in [-0.1, -0.05) is 30.3 Å². The van der Waals surface area contributed by atoms with Gasteiger partial charge in [0.2, 0.25) is 0 Å². The number of aliphatic carboxylic acids is 1. The lowest BCUT2D eigenvalue weighted by atomic mass is 9.89. The molecule has 1 aliphatic carbocycles. The molecule has 0 heterocycles. The van der Waals surface area contributed by atoms with Gasteiger partial charge < -0.3 is 9.90 Å². The van der Waals surface area contributed by atoms with Gasteiger partial charge >= 0.3 is 0 Å². The zero-order valence-electron chi connectivity index (χ0n) is 7.82. The van der Waals surface area contributed by atoms with Gasteiger partial charge in [-0.3, -0.25) is 0 Å². The Balaban J connectivity index is 2.35. The summed E-state index contributed by atoms with van der Waals surface area (Å²) in [4.78, 5) is 10.5. The van der Waals surface area contributed by atoms with E-state index in [0.717, 1.165) is 24.0 Å². The summed E-state index contributed by atoms with van der Waals surface area (Å²) in [6.45, 7) is 0. The molecular formula is C12H11O2-. The molecule has 1 aliphatic rings. The van der Waals surface area contributed by atoms with E-state index in [9.17, 15) is 9.90 Å². The Morgan fingerprint density at radius 2 is 2.14 bits per heavy atom. The highest BCUT2D eigenvalue weighted by molar-refractivity contribution is 5.84. The zero-order valence-corrected chi connectivity index (χ0v) is 7.82. The summed E-state index contributed by atoms with van der Waals surface area (Å²) in [5, 5.41) is 10.5. The van der Waals surface area contributed by atoms with Crippen LogP contribution in [0.3, 0.4) is 0 Å². The molecule has 72 valence electrons. The Labute approximate surface area is 82.9 Å². The van der Waals surface area contributed by atoms with E-state index in [0.29, 0.717) is 0 Å². The van der Waals surface area contributed by atoms with Crippen LogP contribution in [0.2, 0.25) is 0 Å². The number of carbonyl (C=O) groups excluding carboxylic acids is 1. The SMILES string of the molecule is O=C([O-])CC1=CCCc2ccccc21. The molecular weight excluding hydrogens is 176 g/mol. The van der Waals surface area contributed by atoms with Gasteiger partial charge in [0.25, 0.3) is 0 Å². The molecule has 14 heavy (non-hydrogen) atoms. The molecule has 0 bridgehead atoms. The number of allylic oxidation sites excluding steroid dienone is 1. The van der Waals surface area contributed by atoms with E-state index in [1.165, 1.54) is 5.56 Å². The average Bonchev–Trinajstić information content (AvgIpc) is 2.18. The van der Waals surface area contributed by atoms with Crippen molar-refractivity contribution in [1.29, 1.82) is 0 Å². The van der Waals surface area contributed by atoms with Crippen LogP contribution in [0.25, 0.3) is 5.57 Å². The number of fused-ring (bicyclic) bond motifs is 1. The third-order valence-electron chi connectivity index (χ3n) is 2.50. The summed E-state index contributed by atoms with van der Waals surface area (Å²) in [5.41, 5.74) is 3.21. The fourth-order valence-electron chi connectivity index (χ4n) is 1.89. The number of aryl methyl sites for hydroxylation is 1. The smallest absolute Gasteiger partial charge is 0.0458 e. The Morgan fingerprint density at radius 3 is 2.93 bits per heavy atom.